The molecule has 0 aliphatic heterocycles. The molecule has 106 valence electrons. The lowest BCUT2D eigenvalue weighted by Gasteiger charge is -2.24. The summed E-state index contributed by atoms with van der Waals surface area (Å²) in [5.41, 5.74) is 1.21. The maximum atomic E-state index is 6.34. The molecule has 1 atom stereocenters. The largest absolute Gasteiger partial charge is 0.489 e. The standard InChI is InChI=1S/C16H24ClNO/c1-3-18-12(2)13-9-10-16(15(17)11-13)19-14-7-5-4-6-8-14/h9-12,14,18H,3-8H2,1-2H3. The Morgan fingerprint density at radius 1 is 1.32 bits per heavy atom. The molecule has 0 aromatic heterocycles. The molecule has 1 fully saturated rings. The van der Waals surface area contributed by atoms with Crippen LogP contribution in [-0.4, -0.2) is 12.6 Å². The SMILES string of the molecule is CCNC(C)c1ccc(OC2CCCCC2)c(Cl)c1. The molecule has 0 heterocycles. The number of hydrogen-bond donors (Lipinski definition) is 1. The number of benzene rings is 1. The second-order valence-electron chi connectivity index (χ2n) is 5.35. The fraction of sp³-hybridized carbons (Fsp3) is 0.625. The number of ether oxygens (including phenoxy) is 1. The van der Waals surface area contributed by atoms with Gasteiger partial charge in [-0.2, -0.15) is 0 Å². The summed E-state index contributed by atoms with van der Waals surface area (Å²) >= 11 is 6.34. The summed E-state index contributed by atoms with van der Waals surface area (Å²) < 4.78 is 6.03. The zero-order chi connectivity index (χ0) is 13.7. The molecule has 0 saturated heterocycles. The summed E-state index contributed by atoms with van der Waals surface area (Å²) in [5.74, 6) is 0.834. The molecule has 1 unspecified atom stereocenters. The zero-order valence-corrected chi connectivity index (χ0v) is 12.7. The minimum Gasteiger partial charge on any atom is -0.489 e. The highest BCUT2D eigenvalue weighted by Crippen LogP contribution is 2.31. The Labute approximate surface area is 121 Å². The van der Waals surface area contributed by atoms with Gasteiger partial charge in [0.2, 0.25) is 0 Å². The molecule has 0 radical (unpaired) electrons. The van der Waals surface area contributed by atoms with E-state index in [1.165, 1.54) is 24.8 Å². The van der Waals surface area contributed by atoms with E-state index in [1.807, 2.05) is 12.1 Å². The first-order valence-electron chi connectivity index (χ1n) is 7.40. The van der Waals surface area contributed by atoms with Gasteiger partial charge in [0.05, 0.1) is 11.1 Å². The Morgan fingerprint density at radius 3 is 2.68 bits per heavy atom. The predicted molar refractivity (Wildman–Crippen MR) is 81.0 cm³/mol. The van der Waals surface area contributed by atoms with Gasteiger partial charge in [0, 0.05) is 6.04 Å². The van der Waals surface area contributed by atoms with E-state index in [1.54, 1.807) is 0 Å². The lowest BCUT2D eigenvalue weighted by atomic mass is 9.98. The third-order valence-electron chi connectivity index (χ3n) is 3.81. The Bertz CT molecular complexity index is 402. The van der Waals surface area contributed by atoms with Crippen LogP contribution >= 0.6 is 11.6 Å². The number of halogens is 1. The van der Waals surface area contributed by atoms with Gasteiger partial charge >= 0.3 is 0 Å². The Morgan fingerprint density at radius 2 is 2.05 bits per heavy atom. The van der Waals surface area contributed by atoms with Crippen LogP contribution < -0.4 is 10.1 Å². The highest BCUT2D eigenvalue weighted by Gasteiger charge is 2.16. The zero-order valence-electron chi connectivity index (χ0n) is 11.9. The van der Waals surface area contributed by atoms with Crippen molar-refractivity contribution in [3.8, 4) is 5.75 Å². The van der Waals surface area contributed by atoms with Crippen LogP contribution in [-0.2, 0) is 0 Å². The first kappa shape index (κ1) is 14.7. The topological polar surface area (TPSA) is 21.3 Å². The average Bonchev–Trinajstić information content (AvgIpc) is 2.42. The monoisotopic (exact) mass is 281 g/mol. The van der Waals surface area contributed by atoms with Crippen molar-refractivity contribution >= 4 is 11.6 Å². The third kappa shape index (κ3) is 4.12. The molecular formula is C16H24ClNO. The van der Waals surface area contributed by atoms with E-state index in [2.05, 4.69) is 25.2 Å². The van der Waals surface area contributed by atoms with Gasteiger partial charge in [0.25, 0.3) is 0 Å². The average molecular weight is 282 g/mol. The van der Waals surface area contributed by atoms with Crippen LogP contribution in [0.5, 0.6) is 5.75 Å². The molecule has 0 bridgehead atoms. The van der Waals surface area contributed by atoms with Crippen LogP contribution in [0.3, 0.4) is 0 Å². The first-order chi connectivity index (χ1) is 9.20. The normalized spacial score (nSPS) is 18.3. The number of rotatable bonds is 5. The van der Waals surface area contributed by atoms with Crippen LogP contribution in [0.4, 0.5) is 0 Å². The fourth-order valence-corrected chi connectivity index (χ4v) is 2.90. The van der Waals surface area contributed by atoms with Crippen molar-refractivity contribution in [2.75, 3.05) is 6.54 Å². The molecule has 1 N–H and O–H groups in total. The van der Waals surface area contributed by atoms with E-state index in [-0.39, 0.29) is 0 Å². The quantitative estimate of drug-likeness (QED) is 0.843. The molecule has 2 nitrogen and oxygen atoms in total. The molecule has 2 rings (SSSR count). The van der Waals surface area contributed by atoms with Crippen molar-refractivity contribution in [1.82, 2.24) is 5.32 Å². The van der Waals surface area contributed by atoms with Gasteiger partial charge in [-0.3, -0.25) is 0 Å². The summed E-state index contributed by atoms with van der Waals surface area (Å²) in [6.45, 7) is 5.22. The first-order valence-corrected chi connectivity index (χ1v) is 7.78. The molecular weight excluding hydrogens is 258 g/mol. The van der Waals surface area contributed by atoms with Gasteiger partial charge < -0.3 is 10.1 Å². The van der Waals surface area contributed by atoms with Crippen LogP contribution in [0, 0.1) is 0 Å². The maximum absolute atomic E-state index is 6.34. The minimum absolute atomic E-state index is 0.325. The van der Waals surface area contributed by atoms with Gasteiger partial charge in [-0.25, -0.2) is 0 Å². The van der Waals surface area contributed by atoms with Gasteiger partial charge in [0.15, 0.2) is 0 Å². The van der Waals surface area contributed by atoms with Crippen molar-refractivity contribution in [2.24, 2.45) is 0 Å². The minimum atomic E-state index is 0.325. The lowest BCUT2D eigenvalue weighted by Crippen LogP contribution is -2.20. The van der Waals surface area contributed by atoms with Crippen LogP contribution in [0.15, 0.2) is 18.2 Å². The van der Waals surface area contributed by atoms with E-state index in [0.717, 1.165) is 30.2 Å². The van der Waals surface area contributed by atoms with E-state index in [0.29, 0.717) is 12.1 Å². The maximum Gasteiger partial charge on any atom is 0.138 e. The van der Waals surface area contributed by atoms with Gasteiger partial charge in [-0.15, -0.1) is 0 Å². The lowest BCUT2D eigenvalue weighted by molar-refractivity contribution is 0.155. The summed E-state index contributed by atoms with van der Waals surface area (Å²) in [6, 6.07) is 6.47. The van der Waals surface area contributed by atoms with Gasteiger partial charge in [-0.1, -0.05) is 31.0 Å². The second kappa shape index (κ2) is 7.16. The second-order valence-corrected chi connectivity index (χ2v) is 5.75. The molecule has 0 amide bonds. The summed E-state index contributed by atoms with van der Waals surface area (Å²) in [7, 11) is 0. The smallest absolute Gasteiger partial charge is 0.138 e. The molecule has 1 aliphatic rings. The molecule has 3 heteroatoms. The van der Waals surface area contributed by atoms with Crippen molar-refractivity contribution in [3.05, 3.63) is 28.8 Å². The Hall–Kier alpha value is -0.730. The van der Waals surface area contributed by atoms with Crippen molar-refractivity contribution in [3.63, 3.8) is 0 Å². The van der Waals surface area contributed by atoms with Crippen LogP contribution in [0.25, 0.3) is 0 Å². The number of hydrogen-bond acceptors (Lipinski definition) is 2. The summed E-state index contributed by atoms with van der Waals surface area (Å²) in [4.78, 5) is 0. The van der Waals surface area contributed by atoms with E-state index in [4.69, 9.17) is 16.3 Å². The highest BCUT2D eigenvalue weighted by molar-refractivity contribution is 6.32. The number of nitrogens with one attached hydrogen (secondary N) is 1. The predicted octanol–water partition coefficient (Wildman–Crippen LogP) is 4.72. The molecule has 1 aromatic carbocycles. The van der Waals surface area contributed by atoms with Crippen LogP contribution in [0.2, 0.25) is 5.02 Å². The summed E-state index contributed by atoms with van der Waals surface area (Å²) in [6.07, 6.45) is 6.56. The highest BCUT2D eigenvalue weighted by atomic mass is 35.5. The van der Waals surface area contributed by atoms with Gasteiger partial charge in [-0.05, 0) is 56.8 Å². The Balaban J connectivity index is 2.01. The van der Waals surface area contributed by atoms with Crippen molar-refractivity contribution in [2.45, 2.75) is 58.1 Å². The van der Waals surface area contributed by atoms with E-state index < -0.39 is 0 Å². The summed E-state index contributed by atoms with van der Waals surface area (Å²) in [5, 5.41) is 4.12. The molecule has 0 spiro atoms. The van der Waals surface area contributed by atoms with Gasteiger partial charge in [0.1, 0.15) is 5.75 Å². The van der Waals surface area contributed by atoms with E-state index >= 15 is 0 Å². The van der Waals surface area contributed by atoms with Crippen LogP contribution in [0.1, 0.15) is 57.6 Å². The molecule has 1 aliphatic carbocycles. The van der Waals surface area contributed by atoms with Crippen molar-refractivity contribution < 1.29 is 4.74 Å². The molecule has 19 heavy (non-hydrogen) atoms. The molecule has 1 saturated carbocycles. The Kier molecular flexibility index (Phi) is 5.53. The van der Waals surface area contributed by atoms with E-state index in [9.17, 15) is 0 Å². The third-order valence-corrected chi connectivity index (χ3v) is 4.11. The molecule has 1 aromatic rings. The van der Waals surface area contributed by atoms with Crippen molar-refractivity contribution in [1.29, 1.82) is 0 Å². The fourth-order valence-electron chi connectivity index (χ4n) is 2.67.